The van der Waals surface area contributed by atoms with Gasteiger partial charge in [0.2, 0.25) is 5.91 Å². The molecule has 0 saturated carbocycles. The molecule has 0 spiro atoms. The van der Waals surface area contributed by atoms with Gasteiger partial charge >= 0.3 is 0 Å². The van der Waals surface area contributed by atoms with Crippen molar-refractivity contribution in [3.8, 4) is 6.07 Å². The minimum absolute atomic E-state index is 0.325. The molecule has 6 heteroatoms. The summed E-state index contributed by atoms with van der Waals surface area (Å²) in [5.41, 5.74) is 6.65. The van der Waals surface area contributed by atoms with Gasteiger partial charge in [-0.25, -0.2) is 4.98 Å². The molecule has 2 rings (SSSR count). The van der Waals surface area contributed by atoms with Gasteiger partial charge in [0.25, 0.3) is 0 Å². The molecule has 94 valence electrons. The monoisotopic (exact) mass is 246 g/mol. The minimum atomic E-state index is -0.405. The second kappa shape index (κ2) is 5.58. The third-order valence-corrected chi connectivity index (χ3v) is 2.89. The lowest BCUT2D eigenvalue weighted by Crippen LogP contribution is -2.51. The molecule has 1 amide bonds. The van der Waals surface area contributed by atoms with Gasteiger partial charge in [0.15, 0.2) is 0 Å². The third kappa shape index (κ3) is 2.83. The van der Waals surface area contributed by atoms with Gasteiger partial charge in [-0.15, -0.1) is 0 Å². The first-order valence-electron chi connectivity index (χ1n) is 5.67. The number of carbonyl (C=O) groups excluding carboxylic acids is 1. The summed E-state index contributed by atoms with van der Waals surface area (Å²) in [6.07, 6.45) is 1.59. The zero-order valence-corrected chi connectivity index (χ0v) is 9.87. The van der Waals surface area contributed by atoms with Crippen LogP contribution >= 0.6 is 0 Å². The van der Waals surface area contributed by atoms with Crippen molar-refractivity contribution < 1.29 is 9.53 Å². The number of nitrogens with two attached hydrogens (primary N) is 1. The molecule has 1 aromatic rings. The number of hydrogen-bond acceptors (Lipinski definition) is 5. The molecular formula is C12H14N4O2. The van der Waals surface area contributed by atoms with E-state index in [1.54, 1.807) is 12.3 Å². The molecule has 6 nitrogen and oxygen atoms in total. The Balaban J connectivity index is 2.11. The summed E-state index contributed by atoms with van der Waals surface area (Å²) in [4.78, 5) is 17.2. The van der Waals surface area contributed by atoms with Crippen molar-refractivity contribution in [3.63, 3.8) is 0 Å². The van der Waals surface area contributed by atoms with Gasteiger partial charge in [-0.05, 0) is 17.7 Å². The lowest BCUT2D eigenvalue weighted by molar-refractivity contribution is -0.129. The van der Waals surface area contributed by atoms with Gasteiger partial charge in [0, 0.05) is 19.3 Å². The molecular weight excluding hydrogens is 232 g/mol. The molecule has 1 unspecified atom stereocenters. The van der Waals surface area contributed by atoms with E-state index in [0.29, 0.717) is 32.0 Å². The Morgan fingerprint density at radius 3 is 3.28 bits per heavy atom. The fraction of sp³-hybridized carbons (Fsp3) is 0.417. The summed E-state index contributed by atoms with van der Waals surface area (Å²) in [6.45, 7) is 2.12. The van der Waals surface area contributed by atoms with Crippen LogP contribution in [-0.4, -0.2) is 41.6 Å². The number of ether oxygens (including phenoxy) is 1. The molecule has 2 heterocycles. The summed E-state index contributed by atoms with van der Waals surface area (Å²) in [5, 5.41) is 8.79. The molecule has 1 saturated heterocycles. The van der Waals surface area contributed by atoms with Gasteiger partial charge in [0.1, 0.15) is 17.8 Å². The molecule has 1 aromatic heterocycles. The van der Waals surface area contributed by atoms with Gasteiger partial charge < -0.3 is 10.5 Å². The summed E-state index contributed by atoms with van der Waals surface area (Å²) in [6, 6.07) is 5.13. The number of pyridine rings is 1. The molecule has 0 aromatic carbocycles. The second-order valence-electron chi connectivity index (χ2n) is 4.12. The van der Waals surface area contributed by atoms with E-state index in [1.807, 2.05) is 17.0 Å². The summed E-state index contributed by atoms with van der Waals surface area (Å²) >= 11 is 0. The Bertz CT molecular complexity index is 483. The summed E-state index contributed by atoms with van der Waals surface area (Å²) in [7, 11) is 0. The van der Waals surface area contributed by atoms with Crippen molar-refractivity contribution in [2.45, 2.75) is 12.6 Å². The normalized spacial score (nSPS) is 20.3. The van der Waals surface area contributed by atoms with Crippen LogP contribution in [0.3, 0.4) is 0 Å². The van der Waals surface area contributed by atoms with Crippen LogP contribution in [0.5, 0.6) is 0 Å². The fourth-order valence-corrected chi connectivity index (χ4v) is 1.96. The molecule has 0 aliphatic carbocycles. The molecule has 0 radical (unpaired) electrons. The Morgan fingerprint density at radius 2 is 2.56 bits per heavy atom. The average Bonchev–Trinajstić information content (AvgIpc) is 2.39. The van der Waals surface area contributed by atoms with Crippen LogP contribution in [0.4, 0.5) is 0 Å². The van der Waals surface area contributed by atoms with Crippen molar-refractivity contribution in [2.24, 2.45) is 5.73 Å². The van der Waals surface area contributed by atoms with E-state index >= 15 is 0 Å². The van der Waals surface area contributed by atoms with E-state index < -0.39 is 6.04 Å². The number of amides is 1. The second-order valence-corrected chi connectivity index (χ2v) is 4.12. The van der Waals surface area contributed by atoms with Crippen LogP contribution in [-0.2, 0) is 16.1 Å². The van der Waals surface area contributed by atoms with Crippen LogP contribution < -0.4 is 5.73 Å². The number of nitriles is 1. The molecule has 0 bridgehead atoms. The summed E-state index contributed by atoms with van der Waals surface area (Å²) < 4.78 is 5.25. The Hall–Kier alpha value is -1.97. The predicted octanol–water partition coefficient (Wildman–Crippen LogP) is -0.361. The number of carbonyl (C=O) groups is 1. The number of rotatable bonds is 3. The van der Waals surface area contributed by atoms with Crippen molar-refractivity contribution in [1.29, 1.82) is 5.26 Å². The van der Waals surface area contributed by atoms with Crippen LogP contribution in [0.1, 0.15) is 11.3 Å². The van der Waals surface area contributed by atoms with Crippen LogP contribution in [0, 0.1) is 11.3 Å². The highest BCUT2D eigenvalue weighted by atomic mass is 16.5. The Kier molecular flexibility index (Phi) is 3.87. The SMILES string of the molecule is N#Cc1cc(CN2CCOCC2C(N)=O)ccn1. The highest BCUT2D eigenvalue weighted by molar-refractivity contribution is 5.80. The number of nitrogens with zero attached hydrogens (tertiary/aromatic N) is 3. The van der Waals surface area contributed by atoms with Crippen LogP contribution in [0.25, 0.3) is 0 Å². The van der Waals surface area contributed by atoms with Gasteiger partial charge in [-0.2, -0.15) is 5.26 Å². The fourth-order valence-electron chi connectivity index (χ4n) is 1.96. The molecule has 18 heavy (non-hydrogen) atoms. The van der Waals surface area contributed by atoms with E-state index in [4.69, 9.17) is 15.7 Å². The highest BCUT2D eigenvalue weighted by Gasteiger charge is 2.27. The van der Waals surface area contributed by atoms with E-state index in [0.717, 1.165) is 5.56 Å². The topological polar surface area (TPSA) is 92.2 Å². The highest BCUT2D eigenvalue weighted by Crippen LogP contribution is 2.12. The van der Waals surface area contributed by atoms with E-state index in [9.17, 15) is 4.79 Å². The van der Waals surface area contributed by atoms with Crippen LogP contribution in [0.2, 0.25) is 0 Å². The molecule has 2 N–H and O–H groups in total. The number of hydrogen-bond donors (Lipinski definition) is 1. The quantitative estimate of drug-likeness (QED) is 0.786. The third-order valence-electron chi connectivity index (χ3n) is 2.89. The van der Waals surface area contributed by atoms with Gasteiger partial charge in [-0.3, -0.25) is 9.69 Å². The van der Waals surface area contributed by atoms with Crippen LogP contribution in [0.15, 0.2) is 18.3 Å². The maximum Gasteiger partial charge on any atom is 0.237 e. The average molecular weight is 246 g/mol. The lowest BCUT2D eigenvalue weighted by atomic mass is 10.1. The van der Waals surface area contributed by atoms with E-state index in [2.05, 4.69) is 4.98 Å². The standard InChI is InChI=1S/C12H14N4O2/c13-6-10-5-9(1-2-15-10)7-16-3-4-18-8-11(16)12(14)17/h1-2,5,11H,3-4,7-8H2,(H2,14,17). The van der Waals surface area contributed by atoms with Gasteiger partial charge in [-0.1, -0.05) is 0 Å². The lowest BCUT2D eigenvalue weighted by Gasteiger charge is -2.33. The van der Waals surface area contributed by atoms with Crippen molar-refractivity contribution in [1.82, 2.24) is 9.88 Å². The number of morpholine rings is 1. The van der Waals surface area contributed by atoms with E-state index in [1.165, 1.54) is 0 Å². The predicted molar refractivity (Wildman–Crippen MR) is 63.2 cm³/mol. The Morgan fingerprint density at radius 1 is 1.72 bits per heavy atom. The zero-order valence-electron chi connectivity index (χ0n) is 9.87. The van der Waals surface area contributed by atoms with Crippen molar-refractivity contribution in [2.75, 3.05) is 19.8 Å². The largest absolute Gasteiger partial charge is 0.378 e. The first kappa shape index (κ1) is 12.5. The minimum Gasteiger partial charge on any atom is -0.378 e. The number of primary amides is 1. The van der Waals surface area contributed by atoms with E-state index in [-0.39, 0.29) is 5.91 Å². The molecule has 1 atom stereocenters. The molecule has 1 aliphatic heterocycles. The Labute approximate surface area is 105 Å². The maximum absolute atomic E-state index is 11.3. The zero-order chi connectivity index (χ0) is 13.0. The molecule has 1 fully saturated rings. The summed E-state index contributed by atoms with van der Waals surface area (Å²) in [5.74, 6) is -0.385. The van der Waals surface area contributed by atoms with Crippen molar-refractivity contribution >= 4 is 5.91 Å². The van der Waals surface area contributed by atoms with Gasteiger partial charge in [0.05, 0.1) is 13.2 Å². The first-order valence-corrected chi connectivity index (χ1v) is 5.67. The number of aromatic nitrogens is 1. The smallest absolute Gasteiger partial charge is 0.237 e. The maximum atomic E-state index is 11.3. The molecule has 1 aliphatic rings. The first-order chi connectivity index (χ1) is 8.70. The van der Waals surface area contributed by atoms with Crippen molar-refractivity contribution in [3.05, 3.63) is 29.6 Å².